The summed E-state index contributed by atoms with van der Waals surface area (Å²) in [4.78, 5) is 22.4. The molecule has 0 aromatic heterocycles. The van der Waals surface area contributed by atoms with Gasteiger partial charge < -0.3 is 16.4 Å². The lowest BCUT2D eigenvalue weighted by Crippen LogP contribution is -2.16. The fourth-order valence-corrected chi connectivity index (χ4v) is 5.93. The Hall–Kier alpha value is -4.39. The van der Waals surface area contributed by atoms with Gasteiger partial charge in [-0.2, -0.15) is 25.3 Å². The molecule has 2 amide bonds. The van der Waals surface area contributed by atoms with Gasteiger partial charge in [-0.05, 0) is 60.7 Å². The van der Waals surface area contributed by atoms with Crippen LogP contribution in [0.3, 0.4) is 0 Å². The minimum atomic E-state index is -5.31. The molecule has 0 radical (unpaired) electrons. The van der Waals surface area contributed by atoms with Gasteiger partial charge >= 0.3 is 0 Å². The molecule has 0 aliphatic carbocycles. The van der Waals surface area contributed by atoms with Gasteiger partial charge in [-0.1, -0.05) is 12.1 Å². The maximum absolute atomic E-state index is 13.1. The number of rotatable bonds is 7. The van der Waals surface area contributed by atoms with Crippen LogP contribution in [0.4, 0.5) is 17.1 Å². The van der Waals surface area contributed by atoms with Crippen LogP contribution >= 0.6 is 0 Å². The number of amides is 2. The molecular weight excluding hydrogens is 602 g/mol. The zero-order valence-corrected chi connectivity index (χ0v) is 22.8. The molecule has 17 heteroatoms. The largest absolute Gasteiger partial charge is 0.399 e. The van der Waals surface area contributed by atoms with Crippen molar-refractivity contribution in [2.24, 2.45) is 0 Å². The molecular formula is C24H19N3O11S3. The van der Waals surface area contributed by atoms with E-state index in [1.807, 2.05) is 0 Å². The quantitative estimate of drug-likeness (QED) is 0.129. The normalized spacial score (nSPS) is 12.2. The molecule has 0 bridgehead atoms. The molecule has 14 nitrogen and oxygen atoms in total. The number of nitrogen functional groups attached to an aromatic ring is 1. The zero-order valence-electron chi connectivity index (χ0n) is 20.3. The van der Waals surface area contributed by atoms with E-state index in [0.717, 1.165) is 12.1 Å². The average Bonchev–Trinajstić information content (AvgIpc) is 2.86. The molecule has 4 aromatic carbocycles. The summed E-state index contributed by atoms with van der Waals surface area (Å²) in [5.74, 6) is -1.43. The molecule has 214 valence electrons. The van der Waals surface area contributed by atoms with Crippen LogP contribution in [0.2, 0.25) is 0 Å². The van der Waals surface area contributed by atoms with Gasteiger partial charge in [0.05, 0.1) is 10.6 Å². The predicted molar refractivity (Wildman–Crippen MR) is 147 cm³/mol. The Morgan fingerprint density at radius 3 is 1.80 bits per heavy atom. The van der Waals surface area contributed by atoms with Crippen molar-refractivity contribution < 1.29 is 48.5 Å². The van der Waals surface area contributed by atoms with E-state index in [9.17, 15) is 48.5 Å². The Balaban J connectivity index is 1.80. The van der Waals surface area contributed by atoms with Gasteiger partial charge in [-0.25, -0.2) is 0 Å². The van der Waals surface area contributed by atoms with E-state index in [0.29, 0.717) is 17.8 Å². The van der Waals surface area contributed by atoms with Crippen LogP contribution in [0.5, 0.6) is 0 Å². The first kappa shape index (κ1) is 29.6. The third-order valence-electron chi connectivity index (χ3n) is 5.65. The third kappa shape index (κ3) is 6.51. The van der Waals surface area contributed by atoms with Crippen LogP contribution < -0.4 is 16.4 Å². The van der Waals surface area contributed by atoms with Crippen LogP contribution in [-0.4, -0.2) is 50.7 Å². The molecule has 7 N–H and O–H groups in total. The molecule has 0 heterocycles. The fourth-order valence-electron chi connectivity index (χ4n) is 3.89. The van der Waals surface area contributed by atoms with Crippen LogP contribution in [0, 0.1) is 0 Å². The smallest absolute Gasteiger partial charge is 0.295 e. The molecule has 0 unspecified atom stereocenters. The topological polar surface area (TPSA) is 247 Å². The van der Waals surface area contributed by atoms with Gasteiger partial charge in [-0.15, -0.1) is 0 Å². The van der Waals surface area contributed by atoms with Crippen LogP contribution in [0.1, 0.15) is 20.7 Å². The number of anilines is 3. The molecule has 0 saturated carbocycles. The third-order valence-corrected chi connectivity index (χ3v) is 8.27. The second-order valence-electron chi connectivity index (χ2n) is 8.49. The summed E-state index contributed by atoms with van der Waals surface area (Å²) < 4.78 is 101. The lowest BCUT2D eigenvalue weighted by Gasteiger charge is -2.15. The highest BCUT2D eigenvalue weighted by atomic mass is 32.2. The number of nitrogens with two attached hydrogens (primary N) is 1. The van der Waals surface area contributed by atoms with Crippen molar-refractivity contribution in [3.05, 3.63) is 83.9 Å². The molecule has 0 aliphatic rings. The first-order chi connectivity index (χ1) is 18.9. The number of hydrogen-bond donors (Lipinski definition) is 6. The highest BCUT2D eigenvalue weighted by Crippen LogP contribution is 2.37. The van der Waals surface area contributed by atoms with Gasteiger partial charge in [0.2, 0.25) is 0 Å². The number of carbonyl (C=O) groups excluding carboxylic acids is 2. The van der Waals surface area contributed by atoms with Gasteiger partial charge in [0.15, 0.2) is 0 Å². The van der Waals surface area contributed by atoms with Crippen molar-refractivity contribution in [1.29, 1.82) is 0 Å². The number of carbonyl (C=O) groups is 2. The summed E-state index contributed by atoms with van der Waals surface area (Å²) >= 11 is 0. The molecule has 0 aliphatic heterocycles. The molecule has 4 rings (SSSR count). The summed E-state index contributed by atoms with van der Waals surface area (Å²) in [6.45, 7) is 0. The van der Waals surface area contributed by atoms with Gasteiger partial charge in [0.1, 0.15) is 9.79 Å². The Labute approximate surface area is 233 Å². The number of hydrogen-bond acceptors (Lipinski definition) is 9. The number of nitrogens with one attached hydrogen (secondary N) is 2. The van der Waals surface area contributed by atoms with E-state index in [4.69, 9.17) is 5.73 Å². The van der Waals surface area contributed by atoms with E-state index in [1.165, 1.54) is 36.4 Å². The van der Waals surface area contributed by atoms with Gasteiger partial charge in [-0.3, -0.25) is 23.2 Å². The lowest BCUT2D eigenvalue weighted by atomic mass is 10.1. The monoisotopic (exact) mass is 621 g/mol. The van der Waals surface area contributed by atoms with E-state index in [2.05, 4.69) is 10.6 Å². The van der Waals surface area contributed by atoms with Crippen molar-refractivity contribution in [3.8, 4) is 0 Å². The Morgan fingerprint density at radius 1 is 0.634 bits per heavy atom. The van der Waals surface area contributed by atoms with Crippen LogP contribution in [-0.2, 0) is 30.4 Å². The minimum absolute atomic E-state index is 0.0645. The molecule has 4 aromatic rings. The summed E-state index contributed by atoms with van der Waals surface area (Å²) in [5, 5.41) is 3.48. The van der Waals surface area contributed by atoms with Crippen LogP contribution in [0.15, 0.2) is 87.5 Å². The summed E-state index contributed by atoms with van der Waals surface area (Å²) in [6.07, 6.45) is 0. The fraction of sp³-hybridized carbons (Fsp3) is 0. The van der Waals surface area contributed by atoms with E-state index in [1.54, 1.807) is 12.1 Å². The number of benzene rings is 4. The van der Waals surface area contributed by atoms with Crippen LogP contribution in [0.25, 0.3) is 10.8 Å². The lowest BCUT2D eigenvalue weighted by molar-refractivity contribution is 0.101. The van der Waals surface area contributed by atoms with Crippen molar-refractivity contribution in [1.82, 2.24) is 0 Å². The molecule has 41 heavy (non-hydrogen) atoms. The van der Waals surface area contributed by atoms with Gasteiger partial charge in [0.25, 0.3) is 42.2 Å². The van der Waals surface area contributed by atoms with Gasteiger partial charge in [0, 0.05) is 33.3 Å². The summed E-state index contributed by atoms with van der Waals surface area (Å²) in [5.41, 5.74) is 5.99. The minimum Gasteiger partial charge on any atom is -0.399 e. The molecule has 0 spiro atoms. The predicted octanol–water partition coefficient (Wildman–Crippen LogP) is 2.67. The molecule has 0 saturated heterocycles. The molecule has 0 fully saturated rings. The van der Waals surface area contributed by atoms with E-state index < -0.39 is 73.3 Å². The second kappa shape index (κ2) is 10.5. The SMILES string of the molecule is Nc1cccc(C(=O)Nc2cccc(C(=O)Nc3ccc(S(=O)(=O)O)c4cc(S(=O)(=O)O)cc(S(=O)(=O)O)c34)c2)c1. The Kier molecular flexibility index (Phi) is 7.61. The van der Waals surface area contributed by atoms with Crippen molar-refractivity contribution >= 4 is 70.0 Å². The first-order valence-electron chi connectivity index (χ1n) is 11.1. The van der Waals surface area contributed by atoms with Crippen molar-refractivity contribution in [2.45, 2.75) is 14.7 Å². The Bertz CT molecular complexity index is 2080. The van der Waals surface area contributed by atoms with Crippen molar-refractivity contribution in [2.75, 3.05) is 16.4 Å². The highest BCUT2D eigenvalue weighted by molar-refractivity contribution is 7.87. The highest BCUT2D eigenvalue weighted by Gasteiger charge is 2.27. The second-order valence-corrected chi connectivity index (χ2v) is 12.7. The zero-order chi connectivity index (χ0) is 30.3. The average molecular weight is 622 g/mol. The van der Waals surface area contributed by atoms with Crippen molar-refractivity contribution in [3.63, 3.8) is 0 Å². The summed E-state index contributed by atoms with van der Waals surface area (Å²) in [6, 6.07) is 14.2. The first-order valence-corrected chi connectivity index (χ1v) is 15.4. The summed E-state index contributed by atoms with van der Waals surface area (Å²) in [7, 11) is -15.6. The standard InChI is InChI=1S/C24H19N3O11S3/c25-15-5-1-3-13(9-15)23(28)26-16-6-2-4-14(10-16)24(29)27-19-7-8-20(40(33,34)35)18-11-17(39(30,31)32)12-21(22(18)19)41(36,37)38/h1-12H,25H2,(H,26,28)(H,27,29)(H,30,31,32)(H,33,34,35)(H,36,37,38). The molecule has 0 atom stereocenters. The van der Waals surface area contributed by atoms with E-state index in [-0.39, 0.29) is 16.8 Å². The van der Waals surface area contributed by atoms with E-state index >= 15 is 0 Å². The maximum Gasteiger partial charge on any atom is 0.295 e. The number of fused-ring (bicyclic) bond motifs is 1. The maximum atomic E-state index is 13.1. The Morgan fingerprint density at radius 2 is 1.22 bits per heavy atom.